The summed E-state index contributed by atoms with van der Waals surface area (Å²) in [7, 11) is 0. The Morgan fingerprint density at radius 1 is 1.35 bits per heavy atom. The number of nitrogens with zero attached hydrogens (tertiary/aromatic N) is 2. The Balaban J connectivity index is 2.81. The van der Waals surface area contributed by atoms with Crippen LogP contribution in [0.3, 0.4) is 0 Å². The SMILES string of the molecule is CCOC(=O)c1c(C(C)C)c(C#N)c(N)n1-c1ccc(C)cc1. The number of anilines is 1. The number of carbonyl (C=O) groups excluding carboxylic acids is 1. The number of aromatic nitrogens is 1. The topological polar surface area (TPSA) is 81.0 Å². The minimum Gasteiger partial charge on any atom is -0.461 e. The van der Waals surface area contributed by atoms with E-state index >= 15 is 0 Å². The van der Waals surface area contributed by atoms with Gasteiger partial charge in [0.25, 0.3) is 0 Å². The standard InChI is InChI=1S/C18H21N3O2/c1-5-23-18(22)16-15(11(2)3)14(10-19)17(20)21(16)13-8-6-12(4)7-9-13/h6-9,11H,5,20H2,1-4H3. The second-order valence-electron chi connectivity index (χ2n) is 5.68. The van der Waals surface area contributed by atoms with Crippen molar-refractivity contribution >= 4 is 11.8 Å². The van der Waals surface area contributed by atoms with E-state index in [2.05, 4.69) is 6.07 Å². The molecule has 0 bridgehead atoms. The van der Waals surface area contributed by atoms with Gasteiger partial charge in [0.15, 0.2) is 0 Å². The Bertz CT molecular complexity index is 765. The molecule has 0 fully saturated rings. The summed E-state index contributed by atoms with van der Waals surface area (Å²) >= 11 is 0. The van der Waals surface area contributed by atoms with E-state index in [1.54, 1.807) is 11.5 Å². The number of aryl methyl sites for hydroxylation is 1. The number of benzene rings is 1. The fourth-order valence-corrected chi connectivity index (χ4v) is 2.65. The highest BCUT2D eigenvalue weighted by atomic mass is 16.5. The molecule has 0 atom stereocenters. The molecule has 0 aliphatic carbocycles. The molecular formula is C18H21N3O2. The van der Waals surface area contributed by atoms with Gasteiger partial charge in [0.2, 0.25) is 0 Å². The van der Waals surface area contributed by atoms with Crippen molar-refractivity contribution in [1.82, 2.24) is 4.57 Å². The van der Waals surface area contributed by atoms with Gasteiger partial charge in [-0.1, -0.05) is 31.5 Å². The Morgan fingerprint density at radius 2 is 1.96 bits per heavy atom. The third kappa shape index (κ3) is 2.93. The molecule has 0 aliphatic rings. The Labute approximate surface area is 136 Å². The van der Waals surface area contributed by atoms with Crippen molar-refractivity contribution in [3.05, 3.63) is 46.6 Å². The fourth-order valence-electron chi connectivity index (χ4n) is 2.65. The Kier molecular flexibility index (Phi) is 4.75. The molecule has 1 heterocycles. The highest BCUT2D eigenvalue weighted by Crippen LogP contribution is 2.34. The molecule has 1 aromatic heterocycles. The average molecular weight is 311 g/mol. The number of hydrogen-bond donors (Lipinski definition) is 1. The molecule has 5 nitrogen and oxygen atoms in total. The summed E-state index contributed by atoms with van der Waals surface area (Å²) in [5, 5.41) is 9.49. The van der Waals surface area contributed by atoms with E-state index in [1.165, 1.54) is 0 Å². The van der Waals surface area contributed by atoms with Crippen molar-refractivity contribution in [3.8, 4) is 11.8 Å². The second kappa shape index (κ2) is 6.57. The number of ether oxygens (including phenoxy) is 1. The zero-order valence-corrected chi connectivity index (χ0v) is 13.9. The third-order valence-electron chi connectivity index (χ3n) is 3.70. The molecule has 5 heteroatoms. The number of nitrogens with two attached hydrogens (primary N) is 1. The van der Waals surface area contributed by atoms with Crippen molar-refractivity contribution in [1.29, 1.82) is 5.26 Å². The highest BCUT2D eigenvalue weighted by Gasteiger charge is 2.29. The van der Waals surface area contributed by atoms with E-state index in [0.29, 0.717) is 16.8 Å². The fraction of sp³-hybridized carbons (Fsp3) is 0.333. The van der Waals surface area contributed by atoms with E-state index in [0.717, 1.165) is 11.3 Å². The lowest BCUT2D eigenvalue weighted by atomic mass is 9.99. The van der Waals surface area contributed by atoms with Crippen molar-refractivity contribution < 1.29 is 9.53 Å². The number of nitriles is 1. The zero-order valence-electron chi connectivity index (χ0n) is 13.9. The molecule has 2 N–H and O–H groups in total. The predicted molar refractivity (Wildman–Crippen MR) is 89.7 cm³/mol. The minimum absolute atomic E-state index is 0.0296. The van der Waals surface area contributed by atoms with Gasteiger partial charge in [0.05, 0.1) is 12.2 Å². The molecule has 2 rings (SSSR count). The molecule has 0 unspecified atom stereocenters. The maximum Gasteiger partial charge on any atom is 0.355 e. The monoisotopic (exact) mass is 311 g/mol. The number of nitrogen functional groups attached to an aromatic ring is 1. The molecular weight excluding hydrogens is 290 g/mol. The summed E-state index contributed by atoms with van der Waals surface area (Å²) < 4.78 is 6.81. The first-order valence-electron chi connectivity index (χ1n) is 7.60. The number of esters is 1. The van der Waals surface area contributed by atoms with Gasteiger partial charge in [-0.25, -0.2) is 4.79 Å². The van der Waals surface area contributed by atoms with Gasteiger partial charge in [-0.15, -0.1) is 0 Å². The van der Waals surface area contributed by atoms with Crippen LogP contribution in [0.15, 0.2) is 24.3 Å². The lowest BCUT2D eigenvalue weighted by Gasteiger charge is -2.13. The van der Waals surface area contributed by atoms with Crippen LogP contribution in [-0.4, -0.2) is 17.1 Å². The quantitative estimate of drug-likeness (QED) is 0.876. The number of carbonyl (C=O) groups is 1. The van der Waals surface area contributed by atoms with Gasteiger partial charge in [0.1, 0.15) is 17.6 Å². The van der Waals surface area contributed by atoms with Gasteiger partial charge in [-0.2, -0.15) is 5.26 Å². The second-order valence-corrected chi connectivity index (χ2v) is 5.68. The van der Waals surface area contributed by atoms with Crippen LogP contribution in [0, 0.1) is 18.3 Å². The summed E-state index contributed by atoms with van der Waals surface area (Å²) in [6.07, 6.45) is 0. The summed E-state index contributed by atoms with van der Waals surface area (Å²) in [5.74, 6) is -0.230. The Morgan fingerprint density at radius 3 is 2.43 bits per heavy atom. The third-order valence-corrected chi connectivity index (χ3v) is 3.70. The molecule has 0 aliphatic heterocycles. The maximum absolute atomic E-state index is 12.5. The minimum atomic E-state index is -0.468. The number of hydrogen-bond acceptors (Lipinski definition) is 4. The van der Waals surface area contributed by atoms with Gasteiger partial charge in [-0.3, -0.25) is 4.57 Å². The molecule has 2 aromatic rings. The van der Waals surface area contributed by atoms with Crippen LogP contribution in [0.5, 0.6) is 0 Å². The average Bonchev–Trinajstić information content (AvgIpc) is 2.81. The maximum atomic E-state index is 12.5. The van der Waals surface area contributed by atoms with E-state index in [-0.39, 0.29) is 18.3 Å². The summed E-state index contributed by atoms with van der Waals surface area (Å²) in [5.41, 5.74) is 9.32. The van der Waals surface area contributed by atoms with Crippen molar-refractivity contribution in [2.45, 2.75) is 33.6 Å². The van der Waals surface area contributed by atoms with Crippen LogP contribution in [0.4, 0.5) is 5.82 Å². The van der Waals surface area contributed by atoms with Crippen molar-refractivity contribution in [3.63, 3.8) is 0 Å². The van der Waals surface area contributed by atoms with Crippen molar-refractivity contribution in [2.24, 2.45) is 0 Å². The van der Waals surface area contributed by atoms with E-state index in [1.807, 2.05) is 45.0 Å². The molecule has 0 amide bonds. The van der Waals surface area contributed by atoms with Gasteiger partial charge < -0.3 is 10.5 Å². The smallest absolute Gasteiger partial charge is 0.355 e. The van der Waals surface area contributed by atoms with Gasteiger partial charge in [-0.05, 0) is 31.9 Å². The molecule has 23 heavy (non-hydrogen) atoms. The first kappa shape index (κ1) is 16.6. The predicted octanol–water partition coefficient (Wildman–Crippen LogP) is 3.54. The van der Waals surface area contributed by atoms with E-state index in [9.17, 15) is 10.1 Å². The van der Waals surface area contributed by atoms with Gasteiger partial charge >= 0.3 is 5.97 Å². The lowest BCUT2D eigenvalue weighted by Crippen LogP contribution is -2.14. The van der Waals surface area contributed by atoms with Crippen LogP contribution in [-0.2, 0) is 4.74 Å². The molecule has 0 spiro atoms. The summed E-state index contributed by atoms with van der Waals surface area (Å²) in [4.78, 5) is 12.5. The van der Waals surface area contributed by atoms with Crippen LogP contribution in [0.25, 0.3) is 5.69 Å². The molecule has 1 aromatic carbocycles. The molecule has 120 valence electrons. The largest absolute Gasteiger partial charge is 0.461 e. The van der Waals surface area contributed by atoms with Crippen molar-refractivity contribution in [2.75, 3.05) is 12.3 Å². The normalized spacial score (nSPS) is 10.6. The van der Waals surface area contributed by atoms with Gasteiger partial charge in [0, 0.05) is 11.3 Å². The van der Waals surface area contributed by atoms with E-state index in [4.69, 9.17) is 10.5 Å². The van der Waals surface area contributed by atoms with Crippen LogP contribution in [0.2, 0.25) is 0 Å². The zero-order chi connectivity index (χ0) is 17.1. The highest BCUT2D eigenvalue weighted by molar-refractivity contribution is 5.93. The summed E-state index contributed by atoms with van der Waals surface area (Å²) in [6.45, 7) is 7.85. The first-order chi connectivity index (χ1) is 10.9. The Hall–Kier alpha value is -2.74. The van der Waals surface area contributed by atoms with Crippen LogP contribution < -0.4 is 5.73 Å². The molecule has 0 radical (unpaired) electrons. The first-order valence-corrected chi connectivity index (χ1v) is 7.60. The summed E-state index contributed by atoms with van der Waals surface area (Å²) in [6, 6.07) is 9.75. The molecule has 0 saturated heterocycles. The van der Waals surface area contributed by atoms with Crippen LogP contribution in [0.1, 0.15) is 53.9 Å². The lowest BCUT2D eigenvalue weighted by molar-refractivity contribution is 0.0515. The van der Waals surface area contributed by atoms with Crippen LogP contribution >= 0.6 is 0 Å². The van der Waals surface area contributed by atoms with E-state index < -0.39 is 5.97 Å². The number of rotatable bonds is 4. The molecule has 0 saturated carbocycles.